The van der Waals surface area contributed by atoms with E-state index < -0.39 is 0 Å². The average molecular weight is 467 g/mol. The first-order valence-electron chi connectivity index (χ1n) is 11.4. The van der Waals surface area contributed by atoms with Gasteiger partial charge >= 0.3 is 0 Å². The molecule has 0 radical (unpaired) electrons. The fourth-order valence-electron chi connectivity index (χ4n) is 4.16. The van der Waals surface area contributed by atoms with Gasteiger partial charge in [-0.3, -0.25) is 9.69 Å². The smallest absolute Gasteiger partial charge is 0.255 e. The molecule has 3 aromatic carbocycles. The van der Waals surface area contributed by atoms with Crippen LogP contribution in [0.4, 0.5) is 5.69 Å². The Morgan fingerprint density at radius 2 is 1.67 bits per heavy atom. The molecule has 3 rings (SSSR count). The molecule has 1 N–H and O–H groups in total. The molecule has 0 bridgehead atoms. The van der Waals surface area contributed by atoms with Gasteiger partial charge in [0, 0.05) is 23.3 Å². The topological polar surface area (TPSA) is 41.6 Å². The van der Waals surface area contributed by atoms with Gasteiger partial charge in [-0.25, -0.2) is 0 Å². The number of anilines is 1. The van der Waals surface area contributed by atoms with E-state index in [-0.39, 0.29) is 18.3 Å². The molecule has 0 aromatic heterocycles. The van der Waals surface area contributed by atoms with E-state index >= 15 is 0 Å². The molecule has 3 aromatic rings. The summed E-state index contributed by atoms with van der Waals surface area (Å²) in [6, 6.07) is 26.7. The van der Waals surface area contributed by atoms with E-state index in [0.29, 0.717) is 17.6 Å². The van der Waals surface area contributed by atoms with Crippen molar-refractivity contribution < 1.29 is 9.53 Å². The first kappa shape index (κ1) is 26.4. The van der Waals surface area contributed by atoms with Crippen LogP contribution in [-0.2, 0) is 6.42 Å². The Morgan fingerprint density at radius 1 is 0.970 bits per heavy atom. The van der Waals surface area contributed by atoms with Crippen molar-refractivity contribution in [3.63, 3.8) is 0 Å². The van der Waals surface area contributed by atoms with Crippen molar-refractivity contribution in [3.05, 3.63) is 95.6 Å². The van der Waals surface area contributed by atoms with Crippen LogP contribution in [0.25, 0.3) is 0 Å². The maximum atomic E-state index is 12.6. The van der Waals surface area contributed by atoms with Gasteiger partial charge in [0.2, 0.25) is 0 Å². The molecular formula is C28H35ClN2O2. The van der Waals surface area contributed by atoms with Crippen molar-refractivity contribution in [1.29, 1.82) is 0 Å². The van der Waals surface area contributed by atoms with Gasteiger partial charge in [-0.1, -0.05) is 49.4 Å². The Labute approximate surface area is 204 Å². The summed E-state index contributed by atoms with van der Waals surface area (Å²) in [5.41, 5.74) is 3.98. The van der Waals surface area contributed by atoms with E-state index in [1.54, 1.807) is 31.4 Å². The van der Waals surface area contributed by atoms with Crippen molar-refractivity contribution in [3.8, 4) is 5.75 Å². The Morgan fingerprint density at radius 3 is 2.30 bits per heavy atom. The van der Waals surface area contributed by atoms with E-state index in [1.165, 1.54) is 11.1 Å². The highest BCUT2D eigenvalue weighted by Gasteiger charge is 2.21. The summed E-state index contributed by atoms with van der Waals surface area (Å²) in [5.74, 6) is 0.613. The maximum Gasteiger partial charge on any atom is 0.255 e. The largest absolute Gasteiger partial charge is 0.497 e. The van der Waals surface area contributed by atoms with Crippen molar-refractivity contribution in [2.75, 3.05) is 19.0 Å². The molecule has 5 heteroatoms. The zero-order chi connectivity index (χ0) is 22.9. The normalized spacial score (nSPS) is 12.5. The summed E-state index contributed by atoms with van der Waals surface area (Å²) in [4.78, 5) is 15.2. The molecule has 176 valence electrons. The van der Waals surface area contributed by atoms with Gasteiger partial charge in [0.1, 0.15) is 5.75 Å². The summed E-state index contributed by atoms with van der Waals surface area (Å²) in [6.07, 6.45) is 2.03. The number of carbonyl (C=O) groups excluding carboxylic acids is 1. The lowest BCUT2D eigenvalue weighted by atomic mass is 10.0. The van der Waals surface area contributed by atoms with Crippen LogP contribution in [0.15, 0.2) is 78.9 Å². The number of carbonyl (C=O) groups is 1. The number of hydrogen-bond donors (Lipinski definition) is 1. The highest BCUT2D eigenvalue weighted by molar-refractivity contribution is 6.04. The molecule has 0 heterocycles. The second-order valence-electron chi connectivity index (χ2n) is 8.26. The molecule has 0 spiro atoms. The highest BCUT2D eigenvalue weighted by Crippen LogP contribution is 2.25. The number of amides is 1. The maximum absolute atomic E-state index is 12.6. The molecule has 0 aliphatic rings. The summed E-state index contributed by atoms with van der Waals surface area (Å²) >= 11 is 0. The van der Waals surface area contributed by atoms with E-state index in [1.807, 2.05) is 12.1 Å². The van der Waals surface area contributed by atoms with Crippen molar-refractivity contribution >= 4 is 24.0 Å². The quantitative estimate of drug-likeness (QED) is 0.358. The zero-order valence-electron chi connectivity index (χ0n) is 20.0. The molecule has 0 saturated carbocycles. The summed E-state index contributed by atoms with van der Waals surface area (Å²) in [6.45, 7) is 7.85. The predicted molar refractivity (Wildman–Crippen MR) is 140 cm³/mol. The van der Waals surface area contributed by atoms with E-state index in [2.05, 4.69) is 73.5 Å². The van der Waals surface area contributed by atoms with Crippen LogP contribution in [0, 0.1) is 0 Å². The van der Waals surface area contributed by atoms with Crippen LogP contribution in [0.2, 0.25) is 0 Å². The minimum atomic E-state index is -0.122. The zero-order valence-corrected chi connectivity index (χ0v) is 20.8. The molecule has 2 unspecified atom stereocenters. The van der Waals surface area contributed by atoms with Crippen LogP contribution in [-0.4, -0.2) is 30.5 Å². The van der Waals surface area contributed by atoms with Crippen molar-refractivity contribution in [1.82, 2.24) is 4.90 Å². The third-order valence-electron chi connectivity index (χ3n) is 5.90. The summed E-state index contributed by atoms with van der Waals surface area (Å²) in [7, 11) is 1.61. The molecule has 2 atom stereocenters. The van der Waals surface area contributed by atoms with Gasteiger partial charge in [-0.2, -0.15) is 0 Å². The summed E-state index contributed by atoms with van der Waals surface area (Å²) in [5, 5.41) is 3.02. The lowest BCUT2D eigenvalue weighted by Crippen LogP contribution is -2.37. The van der Waals surface area contributed by atoms with Crippen LogP contribution >= 0.6 is 12.4 Å². The van der Waals surface area contributed by atoms with Gasteiger partial charge < -0.3 is 10.1 Å². The first-order valence-corrected chi connectivity index (χ1v) is 11.4. The molecular weight excluding hydrogens is 432 g/mol. The number of methoxy groups -OCH3 is 1. The number of rotatable bonds is 10. The number of nitrogens with one attached hydrogen (secondary N) is 1. The van der Waals surface area contributed by atoms with Crippen LogP contribution < -0.4 is 10.1 Å². The first-order chi connectivity index (χ1) is 15.5. The minimum Gasteiger partial charge on any atom is -0.497 e. The molecule has 0 fully saturated rings. The van der Waals surface area contributed by atoms with Gasteiger partial charge in [0.25, 0.3) is 5.91 Å². The third-order valence-corrected chi connectivity index (χ3v) is 5.90. The van der Waals surface area contributed by atoms with Gasteiger partial charge in [-0.05, 0) is 80.8 Å². The standard InChI is InChI=1S/C28H34N2O2.ClH/c1-5-18-30(22(3)24-11-7-6-8-12-24)21(2)19-23-10-9-13-26(20-23)29-28(31)25-14-16-27(32-4)17-15-25;/h6-17,20-22H,5,18-19H2,1-4H3,(H,29,31);1H. The third kappa shape index (κ3) is 7.34. The van der Waals surface area contributed by atoms with E-state index in [4.69, 9.17) is 4.74 Å². The van der Waals surface area contributed by atoms with Crippen molar-refractivity contribution in [2.24, 2.45) is 0 Å². The minimum absolute atomic E-state index is 0. The second-order valence-corrected chi connectivity index (χ2v) is 8.26. The summed E-state index contributed by atoms with van der Waals surface area (Å²) < 4.78 is 5.17. The average Bonchev–Trinajstić information content (AvgIpc) is 2.83. The number of nitrogens with zero attached hydrogens (tertiary/aromatic N) is 1. The Kier molecular flexibility index (Phi) is 10.4. The van der Waals surface area contributed by atoms with Gasteiger partial charge in [0.15, 0.2) is 0 Å². The van der Waals surface area contributed by atoms with Crippen molar-refractivity contribution in [2.45, 2.75) is 45.7 Å². The number of hydrogen-bond acceptors (Lipinski definition) is 3. The number of halogens is 1. The van der Waals surface area contributed by atoms with E-state index in [9.17, 15) is 4.79 Å². The molecule has 1 amide bonds. The molecule has 33 heavy (non-hydrogen) atoms. The van der Waals surface area contributed by atoms with Crippen LogP contribution in [0.5, 0.6) is 5.75 Å². The van der Waals surface area contributed by atoms with Gasteiger partial charge in [0.05, 0.1) is 7.11 Å². The SMILES string of the molecule is CCCN(C(C)Cc1cccc(NC(=O)c2ccc(OC)cc2)c1)C(C)c1ccccc1.Cl. The Bertz CT molecular complexity index is 992. The fraction of sp³-hybridized carbons (Fsp3) is 0.321. The van der Waals surface area contributed by atoms with Crippen LogP contribution in [0.3, 0.4) is 0 Å². The second kappa shape index (κ2) is 13.0. The fourth-order valence-corrected chi connectivity index (χ4v) is 4.16. The highest BCUT2D eigenvalue weighted by atomic mass is 35.5. The molecule has 0 saturated heterocycles. The number of benzene rings is 3. The molecule has 0 aliphatic carbocycles. The predicted octanol–water partition coefficient (Wildman–Crippen LogP) is 6.77. The van der Waals surface area contributed by atoms with Crippen LogP contribution in [0.1, 0.15) is 54.7 Å². The lowest BCUT2D eigenvalue weighted by molar-refractivity contribution is 0.102. The Hall–Kier alpha value is -2.82. The van der Waals surface area contributed by atoms with Gasteiger partial charge in [-0.15, -0.1) is 12.4 Å². The Balaban J connectivity index is 0.00000385. The molecule has 4 nitrogen and oxygen atoms in total. The lowest BCUT2D eigenvalue weighted by Gasteiger charge is -2.35. The number of ether oxygens (including phenoxy) is 1. The van der Waals surface area contributed by atoms with E-state index in [0.717, 1.165) is 30.8 Å². The molecule has 0 aliphatic heterocycles. The monoisotopic (exact) mass is 466 g/mol.